The van der Waals surface area contributed by atoms with Crippen molar-refractivity contribution >= 4 is 0 Å². The molecule has 0 spiro atoms. The van der Waals surface area contributed by atoms with Gasteiger partial charge in [0.1, 0.15) is 0 Å². The van der Waals surface area contributed by atoms with E-state index in [0.717, 1.165) is 12.5 Å². The van der Waals surface area contributed by atoms with Gasteiger partial charge in [0.25, 0.3) is 0 Å². The normalized spacial score (nSPS) is 27.9. The zero-order valence-corrected chi connectivity index (χ0v) is 10.00. The summed E-state index contributed by atoms with van der Waals surface area (Å²) in [6.45, 7) is 3.64. The van der Waals surface area contributed by atoms with Gasteiger partial charge in [0.15, 0.2) is 0 Å². The summed E-state index contributed by atoms with van der Waals surface area (Å²) in [6.07, 6.45) is 5.93. The minimum Gasteiger partial charge on any atom is -0.363 e. The van der Waals surface area contributed by atoms with Gasteiger partial charge >= 0.3 is 0 Å². The Balaban J connectivity index is 1.77. The van der Waals surface area contributed by atoms with Crippen LogP contribution in [0.25, 0.3) is 0 Å². The number of hydrogen-bond donors (Lipinski definition) is 2. The number of H-pyrrole nitrogens is 1. The van der Waals surface area contributed by atoms with E-state index in [4.69, 9.17) is 0 Å². The minimum absolute atomic E-state index is 0.576. The molecule has 0 bridgehead atoms. The first-order valence-corrected chi connectivity index (χ1v) is 6.42. The summed E-state index contributed by atoms with van der Waals surface area (Å²) in [5.41, 5.74) is 2.99. The molecule has 0 aromatic carbocycles. The van der Waals surface area contributed by atoms with Crippen molar-refractivity contribution in [1.29, 1.82) is 0 Å². The van der Waals surface area contributed by atoms with Crippen LogP contribution in [0, 0.1) is 5.92 Å². The highest BCUT2D eigenvalue weighted by molar-refractivity contribution is 5.27. The van der Waals surface area contributed by atoms with Crippen LogP contribution in [0.1, 0.15) is 30.1 Å². The lowest BCUT2D eigenvalue weighted by molar-refractivity contribution is 0.180. The molecule has 3 rings (SSSR count). The fourth-order valence-electron chi connectivity index (χ4n) is 3.15. The lowest BCUT2D eigenvalue weighted by Crippen LogP contribution is -2.40. The van der Waals surface area contributed by atoms with E-state index in [2.05, 4.69) is 34.5 Å². The highest BCUT2D eigenvalue weighted by Crippen LogP contribution is 2.33. The largest absolute Gasteiger partial charge is 0.363 e. The summed E-state index contributed by atoms with van der Waals surface area (Å²) in [5, 5.41) is 3.70. The SMILES string of the molecule is CN1CCC(C2NCCc3cc[nH]c32)CC1. The van der Waals surface area contributed by atoms with Crippen molar-refractivity contribution in [3.05, 3.63) is 23.5 Å². The van der Waals surface area contributed by atoms with Crippen LogP contribution >= 0.6 is 0 Å². The topological polar surface area (TPSA) is 31.1 Å². The molecule has 1 unspecified atom stereocenters. The molecule has 16 heavy (non-hydrogen) atoms. The third kappa shape index (κ3) is 1.78. The maximum atomic E-state index is 3.70. The molecule has 1 aromatic heterocycles. The third-order valence-corrected chi connectivity index (χ3v) is 4.17. The molecule has 0 saturated carbocycles. The Kier molecular flexibility index (Phi) is 2.74. The zero-order chi connectivity index (χ0) is 11.0. The molecule has 3 heterocycles. The lowest BCUT2D eigenvalue weighted by Gasteiger charge is -2.36. The average Bonchev–Trinajstić information content (AvgIpc) is 2.78. The van der Waals surface area contributed by atoms with Gasteiger partial charge in [-0.05, 0) is 63.5 Å². The molecular weight excluding hydrogens is 198 g/mol. The second-order valence-corrected chi connectivity index (χ2v) is 5.24. The molecule has 88 valence electrons. The Morgan fingerprint density at radius 3 is 2.94 bits per heavy atom. The lowest BCUT2D eigenvalue weighted by atomic mass is 9.84. The highest BCUT2D eigenvalue weighted by Gasteiger charge is 2.30. The number of likely N-dealkylation sites (tertiary alicyclic amines) is 1. The highest BCUT2D eigenvalue weighted by atomic mass is 15.1. The van der Waals surface area contributed by atoms with E-state index in [9.17, 15) is 0 Å². The van der Waals surface area contributed by atoms with Crippen LogP contribution in [-0.2, 0) is 6.42 Å². The Bertz CT molecular complexity index is 350. The van der Waals surface area contributed by atoms with Crippen molar-refractivity contribution in [3.8, 4) is 0 Å². The van der Waals surface area contributed by atoms with Gasteiger partial charge in [-0.3, -0.25) is 0 Å². The first-order valence-electron chi connectivity index (χ1n) is 6.42. The maximum absolute atomic E-state index is 3.70. The summed E-state index contributed by atoms with van der Waals surface area (Å²) < 4.78 is 0. The van der Waals surface area contributed by atoms with Crippen molar-refractivity contribution in [1.82, 2.24) is 15.2 Å². The van der Waals surface area contributed by atoms with Crippen LogP contribution in [0.3, 0.4) is 0 Å². The van der Waals surface area contributed by atoms with Crippen LogP contribution in [0.5, 0.6) is 0 Å². The molecule has 1 saturated heterocycles. The second-order valence-electron chi connectivity index (χ2n) is 5.24. The second kappa shape index (κ2) is 4.22. The van der Waals surface area contributed by atoms with Crippen LogP contribution < -0.4 is 5.32 Å². The minimum atomic E-state index is 0.576. The Labute approximate surface area is 97.2 Å². The van der Waals surface area contributed by atoms with Gasteiger partial charge in [-0.1, -0.05) is 0 Å². The van der Waals surface area contributed by atoms with Crippen molar-refractivity contribution in [2.24, 2.45) is 5.92 Å². The zero-order valence-electron chi connectivity index (χ0n) is 10.00. The van der Waals surface area contributed by atoms with E-state index in [0.29, 0.717) is 6.04 Å². The van der Waals surface area contributed by atoms with Crippen molar-refractivity contribution in [2.75, 3.05) is 26.7 Å². The Morgan fingerprint density at radius 2 is 2.12 bits per heavy atom. The predicted molar refractivity (Wildman–Crippen MR) is 65.5 cm³/mol. The first-order chi connectivity index (χ1) is 7.84. The molecule has 1 fully saturated rings. The quantitative estimate of drug-likeness (QED) is 0.751. The van der Waals surface area contributed by atoms with E-state index in [1.165, 1.54) is 43.6 Å². The molecular formula is C13H21N3. The molecule has 2 aliphatic rings. The molecule has 0 aliphatic carbocycles. The number of piperidine rings is 1. The van der Waals surface area contributed by atoms with Crippen molar-refractivity contribution in [2.45, 2.75) is 25.3 Å². The number of fused-ring (bicyclic) bond motifs is 1. The first kappa shape index (κ1) is 10.4. The van der Waals surface area contributed by atoms with E-state index < -0.39 is 0 Å². The number of aromatic nitrogens is 1. The summed E-state index contributed by atoms with van der Waals surface area (Å²) in [7, 11) is 2.23. The number of aromatic amines is 1. The Morgan fingerprint density at radius 1 is 1.31 bits per heavy atom. The molecule has 1 aromatic rings. The standard InChI is InChI=1S/C13H21N3/c1-16-8-4-11(5-9-16)13-12-10(2-6-14-12)3-7-15-13/h2,6,11,13-15H,3-5,7-9H2,1H3. The molecule has 3 nitrogen and oxygen atoms in total. The van der Waals surface area contributed by atoms with E-state index in [1.807, 2.05) is 0 Å². The predicted octanol–water partition coefficient (Wildman–Crippen LogP) is 1.54. The van der Waals surface area contributed by atoms with Gasteiger partial charge < -0.3 is 15.2 Å². The van der Waals surface area contributed by atoms with E-state index in [1.54, 1.807) is 0 Å². The van der Waals surface area contributed by atoms with Gasteiger partial charge in [0.2, 0.25) is 0 Å². The van der Waals surface area contributed by atoms with Crippen molar-refractivity contribution < 1.29 is 0 Å². The van der Waals surface area contributed by atoms with Crippen LogP contribution in [0.15, 0.2) is 12.3 Å². The van der Waals surface area contributed by atoms with Gasteiger partial charge in [-0.15, -0.1) is 0 Å². The smallest absolute Gasteiger partial charge is 0.0505 e. The van der Waals surface area contributed by atoms with Gasteiger partial charge in [0, 0.05) is 11.9 Å². The third-order valence-electron chi connectivity index (χ3n) is 4.17. The Hall–Kier alpha value is -0.800. The van der Waals surface area contributed by atoms with Crippen LogP contribution in [0.2, 0.25) is 0 Å². The fraction of sp³-hybridized carbons (Fsp3) is 0.692. The maximum Gasteiger partial charge on any atom is 0.0505 e. The fourth-order valence-corrected chi connectivity index (χ4v) is 3.15. The number of nitrogens with zero attached hydrogens (tertiary/aromatic N) is 1. The molecule has 2 N–H and O–H groups in total. The van der Waals surface area contributed by atoms with Crippen molar-refractivity contribution in [3.63, 3.8) is 0 Å². The number of hydrogen-bond acceptors (Lipinski definition) is 2. The summed E-state index contributed by atoms with van der Waals surface area (Å²) >= 11 is 0. The van der Waals surface area contributed by atoms with Gasteiger partial charge in [-0.2, -0.15) is 0 Å². The van der Waals surface area contributed by atoms with E-state index >= 15 is 0 Å². The summed E-state index contributed by atoms with van der Waals surface area (Å²) in [5.74, 6) is 0.814. The van der Waals surface area contributed by atoms with Gasteiger partial charge in [0.05, 0.1) is 6.04 Å². The summed E-state index contributed by atoms with van der Waals surface area (Å²) in [4.78, 5) is 5.88. The van der Waals surface area contributed by atoms with Gasteiger partial charge in [-0.25, -0.2) is 0 Å². The molecule has 1 atom stereocenters. The number of rotatable bonds is 1. The summed E-state index contributed by atoms with van der Waals surface area (Å²) in [6, 6.07) is 2.82. The molecule has 0 radical (unpaired) electrons. The molecule has 3 heteroatoms. The monoisotopic (exact) mass is 219 g/mol. The van der Waals surface area contributed by atoms with E-state index in [-0.39, 0.29) is 0 Å². The van der Waals surface area contributed by atoms with Crippen LogP contribution in [0.4, 0.5) is 0 Å². The molecule has 0 amide bonds. The van der Waals surface area contributed by atoms with Crippen LogP contribution in [-0.4, -0.2) is 36.6 Å². The molecule has 2 aliphatic heterocycles. The number of nitrogens with one attached hydrogen (secondary N) is 2. The average molecular weight is 219 g/mol.